The molecule has 0 aliphatic carbocycles. The number of aromatic nitrogens is 4. The molecule has 0 radical (unpaired) electrons. The van der Waals surface area contributed by atoms with Gasteiger partial charge in [-0.3, -0.25) is 0 Å². The van der Waals surface area contributed by atoms with Crippen LogP contribution in [0, 0.1) is 0 Å². The van der Waals surface area contributed by atoms with Gasteiger partial charge in [0, 0.05) is 64.9 Å². The van der Waals surface area contributed by atoms with Crippen molar-refractivity contribution >= 4 is 153 Å². The van der Waals surface area contributed by atoms with Crippen molar-refractivity contribution in [1.82, 2.24) is 18.3 Å². The van der Waals surface area contributed by atoms with Gasteiger partial charge < -0.3 is 31.5 Å². The van der Waals surface area contributed by atoms with E-state index in [0.29, 0.717) is 0 Å². The first-order valence-electron chi connectivity index (χ1n) is 43.3. The van der Waals surface area contributed by atoms with Crippen LogP contribution < -0.4 is 0 Å². The Balaban J connectivity index is 0.000000104. The summed E-state index contributed by atoms with van der Waals surface area (Å²) in [6, 6.07) is 165. The summed E-state index contributed by atoms with van der Waals surface area (Å²) >= 11 is 0. The average molecular weight is 1620 g/mol. The molecule has 7 aromatic heterocycles. The van der Waals surface area contributed by atoms with Crippen LogP contribution in [0.15, 0.2) is 474 Å². The van der Waals surface area contributed by atoms with E-state index >= 15 is 0 Å². The standard InChI is InChI=1S/C42H26N2O.C42H27NO.C36H23NO/c1-5-17-35-30(13-1)31-14-2-6-18-36(31)43(35)29-12-9-11-27(25-29)28-23-24-38-34(26-28)32-15-3-7-19-37(32)44(38)39-20-10-22-41-42(39)33-16-4-8-21-40(33)45-41;1-3-12-28(13-4-1)31-24-32(29-14-5-2-6-15-29)26-33(25-31)30-22-23-38-36(27-30)34-16-7-9-18-37(34)43(38)39-19-11-21-41-42(39)35-17-8-10-20-40(35)44-41;1-2-10-24(11-3-1)25-12-8-13-26(22-25)27-20-21-32-30(23-27)28-14-4-6-16-31(28)37(32)33-17-9-19-35-36(33)29-15-5-7-18-34(29)38-35/h1-26H;1-27H;1-23H. The molecule has 7 heteroatoms. The zero-order valence-electron chi connectivity index (χ0n) is 68.9. The summed E-state index contributed by atoms with van der Waals surface area (Å²) in [7, 11) is 0. The zero-order chi connectivity index (χ0) is 83.6. The number of para-hydroxylation sites is 8. The minimum Gasteiger partial charge on any atom is -0.456 e. The Morgan fingerprint density at radius 3 is 0.724 bits per heavy atom. The summed E-state index contributed by atoms with van der Waals surface area (Å²) in [5, 5.41) is 16.8. The Labute approximate surface area is 730 Å². The number of benzene rings is 20. The van der Waals surface area contributed by atoms with Crippen LogP contribution in [0.5, 0.6) is 0 Å². The molecule has 0 bridgehead atoms. The highest BCUT2D eigenvalue weighted by Crippen LogP contribution is 2.47. The molecule has 0 saturated heterocycles. The highest BCUT2D eigenvalue weighted by molar-refractivity contribution is 6.19. The van der Waals surface area contributed by atoms with E-state index in [-0.39, 0.29) is 0 Å². The first kappa shape index (κ1) is 72.8. The van der Waals surface area contributed by atoms with Crippen molar-refractivity contribution in [1.29, 1.82) is 0 Å². The van der Waals surface area contributed by atoms with Gasteiger partial charge in [0.15, 0.2) is 0 Å². The monoisotopic (exact) mass is 1620 g/mol. The van der Waals surface area contributed by atoms with Crippen LogP contribution in [0.1, 0.15) is 0 Å². The SMILES string of the molecule is c1cc(-c2ccc3c(c2)c2ccccc2n3-c2cccc3oc4ccccc4c23)cc(-n2c3ccccc3c3ccccc32)c1.c1ccc(-c2cc(-c3ccccc3)cc(-c3ccc4c(c3)c3ccccc3n4-c3cccc4oc5ccccc5c34)c2)cc1.c1ccc(-c2cccc(-c3ccc4c(c3)c3ccccc3n4-c3cccc4oc5ccccc5c34)c2)cc1. The van der Waals surface area contributed by atoms with E-state index in [2.05, 4.69) is 443 Å². The van der Waals surface area contributed by atoms with Gasteiger partial charge in [-0.05, 0) is 224 Å². The number of fused-ring (bicyclic) bond motifs is 21. The number of nitrogens with zero attached hydrogens (tertiary/aromatic N) is 4. The molecule has 0 amide bonds. The zero-order valence-corrected chi connectivity index (χ0v) is 68.9. The van der Waals surface area contributed by atoms with Crippen molar-refractivity contribution < 1.29 is 13.3 Å². The predicted octanol–water partition coefficient (Wildman–Crippen LogP) is 33.1. The normalized spacial score (nSPS) is 11.8. The molecule has 7 heterocycles. The second-order valence-electron chi connectivity index (χ2n) is 32.9. The van der Waals surface area contributed by atoms with Gasteiger partial charge >= 0.3 is 0 Å². The number of hydrogen-bond donors (Lipinski definition) is 0. The van der Waals surface area contributed by atoms with Gasteiger partial charge in [0.05, 0.1) is 77.4 Å². The topological polar surface area (TPSA) is 59.1 Å². The van der Waals surface area contributed by atoms with E-state index in [1.54, 1.807) is 0 Å². The molecule has 27 rings (SSSR count). The smallest absolute Gasteiger partial charge is 0.137 e. The van der Waals surface area contributed by atoms with Crippen molar-refractivity contribution in [3.05, 3.63) is 461 Å². The van der Waals surface area contributed by atoms with Crippen LogP contribution in [0.4, 0.5) is 0 Å². The molecule has 0 aliphatic rings. The molecule has 0 saturated carbocycles. The molecule has 0 fully saturated rings. The third-order valence-electron chi connectivity index (χ3n) is 25.7. The summed E-state index contributed by atoms with van der Waals surface area (Å²) in [6.07, 6.45) is 0. The highest BCUT2D eigenvalue weighted by atomic mass is 16.3. The van der Waals surface area contributed by atoms with Gasteiger partial charge in [-0.2, -0.15) is 0 Å². The average Bonchev–Trinajstić information content (AvgIpc) is 1.60. The molecule has 20 aromatic carbocycles. The molecule has 0 N–H and O–H groups in total. The molecule has 0 atom stereocenters. The Morgan fingerprint density at radius 1 is 0.126 bits per heavy atom. The van der Waals surface area contributed by atoms with Gasteiger partial charge in [-0.1, -0.05) is 303 Å². The first-order chi connectivity index (χ1) is 63.0. The van der Waals surface area contributed by atoms with Crippen molar-refractivity contribution in [2.24, 2.45) is 0 Å². The summed E-state index contributed by atoms with van der Waals surface area (Å²) < 4.78 is 28.3. The lowest BCUT2D eigenvalue weighted by Gasteiger charge is -2.12. The maximum atomic E-state index is 6.27. The van der Waals surface area contributed by atoms with E-state index in [9.17, 15) is 0 Å². The third kappa shape index (κ3) is 12.2. The van der Waals surface area contributed by atoms with Crippen LogP contribution in [-0.2, 0) is 0 Å². The van der Waals surface area contributed by atoms with Crippen LogP contribution in [0.2, 0.25) is 0 Å². The van der Waals surface area contributed by atoms with Crippen molar-refractivity contribution in [2.45, 2.75) is 0 Å². The molecular weight excluding hydrogens is 1550 g/mol. The van der Waals surface area contributed by atoms with Crippen molar-refractivity contribution in [2.75, 3.05) is 0 Å². The van der Waals surface area contributed by atoms with Gasteiger partial charge in [0.1, 0.15) is 33.5 Å². The lowest BCUT2D eigenvalue weighted by molar-refractivity contribution is 0.668. The summed E-state index contributed by atoms with van der Waals surface area (Å²) in [5.74, 6) is 0. The Morgan fingerprint density at radius 2 is 0.354 bits per heavy atom. The quantitative estimate of drug-likeness (QED) is 0.137. The lowest BCUT2D eigenvalue weighted by Crippen LogP contribution is -1.95. The minimum absolute atomic E-state index is 0.900. The number of hydrogen-bond acceptors (Lipinski definition) is 3. The minimum atomic E-state index is 0.900. The summed E-state index contributed by atoms with van der Waals surface area (Å²) in [6.45, 7) is 0. The fourth-order valence-electron chi connectivity index (χ4n) is 20.0. The Bertz CT molecular complexity index is 8930. The van der Waals surface area contributed by atoms with Gasteiger partial charge in [0.2, 0.25) is 0 Å². The number of rotatable bonds is 10. The molecule has 127 heavy (non-hydrogen) atoms. The molecule has 594 valence electrons. The van der Waals surface area contributed by atoms with Gasteiger partial charge in [0.25, 0.3) is 0 Å². The Kier molecular flexibility index (Phi) is 17.2. The molecule has 0 aliphatic heterocycles. The molecular formula is C120H76N4O3. The van der Waals surface area contributed by atoms with E-state index in [4.69, 9.17) is 13.3 Å². The van der Waals surface area contributed by atoms with Crippen LogP contribution in [-0.4, -0.2) is 18.3 Å². The van der Waals surface area contributed by atoms with Gasteiger partial charge in [-0.25, -0.2) is 0 Å². The van der Waals surface area contributed by atoms with Crippen molar-refractivity contribution in [3.63, 3.8) is 0 Å². The highest BCUT2D eigenvalue weighted by Gasteiger charge is 2.24. The van der Waals surface area contributed by atoms with E-state index in [1.165, 1.54) is 154 Å². The Hall–Kier alpha value is -17.0. The first-order valence-corrected chi connectivity index (χ1v) is 43.3. The molecule has 27 aromatic rings. The number of furan rings is 3. The van der Waals surface area contributed by atoms with E-state index < -0.39 is 0 Å². The van der Waals surface area contributed by atoms with Crippen molar-refractivity contribution in [3.8, 4) is 89.5 Å². The molecule has 0 spiro atoms. The maximum Gasteiger partial charge on any atom is 0.137 e. The third-order valence-corrected chi connectivity index (χ3v) is 25.7. The maximum absolute atomic E-state index is 6.27. The van der Waals surface area contributed by atoms with E-state index in [0.717, 1.165) is 88.6 Å². The molecule has 7 nitrogen and oxygen atoms in total. The summed E-state index contributed by atoms with van der Waals surface area (Å²) in [5.41, 5.74) is 34.0. The lowest BCUT2D eigenvalue weighted by atomic mass is 9.93. The second kappa shape index (κ2) is 30.0. The van der Waals surface area contributed by atoms with Crippen LogP contribution in [0.3, 0.4) is 0 Å². The van der Waals surface area contributed by atoms with Crippen LogP contribution in [0.25, 0.3) is 243 Å². The second-order valence-corrected chi connectivity index (χ2v) is 32.9. The fourth-order valence-corrected chi connectivity index (χ4v) is 20.0. The van der Waals surface area contributed by atoms with E-state index in [1.807, 2.05) is 36.4 Å². The fraction of sp³-hybridized carbons (Fsp3) is 0. The summed E-state index contributed by atoms with van der Waals surface area (Å²) in [4.78, 5) is 0. The molecule has 0 unspecified atom stereocenters. The predicted molar refractivity (Wildman–Crippen MR) is 531 cm³/mol. The van der Waals surface area contributed by atoms with Gasteiger partial charge in [-0.15, -0.1) is 0 Å². The van der Waals surface area contributed by atoms with Crippen LogP contribution >= 0.6 is 0 Å². The largest absolute Gasteiger partial charge is 0.456 e.